The number of piperidine rings is 1. The first-order valence-corrected chi connectivity index (χ1v) is 8.60. The van der Waals surface area contributed by atoms with Crippen LogP contribution in [-0.4, -0.2) is 31.1 Å². The van der Waals surface area contributed by atoms with E-state index in [1.807, 2.05) is 22.7 Å². The van der Waals surface area contributed by atoms with Crippen molar-refractivity contribution in [3.8, 4) is 0 Å². The maximum Gasteiger partial charge on any atom is 0.0767 e. The third-order valence-electron chi connectivity index (χ3n) is 3.78. The van der Waals surface area contributed by atoms with Gasteiger partial charge in [0.2, 0.25) is 0 Å². The Morgan fingerprint density at radius 2 is 1.68 bits per heavy atom. The van der Waals surface area contributed by atoms with Crippen molar-refractivity contribution in [1.29, 1.82) is 0 Å². The first-order chi connectivity index (χ1) is 9.33. The second kappa shape index (κ2) is 6.18. The van der Waals surface area contributed by atoms with Gasteiger partial charge in [-0.05, 0) is 55.9 Å². The van der Waals surface area contributed by atoms with E-state index in [9.17, 15) is 0 Å². The smallest absolute Gasteiger partial charge is 0.0767 e. The van der Waals surface area contributed by atoms with Crippen molar-refractivity contribution < 1.29 is 0 Å². The van der Waals surface area contributed by atoms with Gasteiger partial charge in [-0.3, -0.25) is 0 Å². The van der Waals surface area contributed by atoms with Crippen molar-refractivity contribution >= 4 is 22.7 Å². The molecule has 0 aromatic carbocycles. The molecule has 0 atom stereocenters. The van der Waals surface area contributed by atoms with Crippen LogP contribution < -0.4 is 5.32 Å². The molecule has 102 valence electrons. The molecule has 1 saturated heterocycles. The first-order valence-electron chi connectivity index (χ1n) is 6.84. The highest BCUT2D eigenvalue weighted by atomic mass is 32.1. The molecular formula is C15H20N2S2. The average Bonchev–Trinajstić information content (AvgIpc) is 3.11. The predicted molar refractivity (Wildman–Crippen MR) is 84.1 cm³/mol. The Hall–Kier alpha value is -0.680. The third-order valence-corrected chi connectivity index (χ3v) is 5.65. The quantitative estimate of drug-likeness (QED) is 0.926. The fourth-order valence-corrected chi connectivity index (χ4v) is 4.31. The molecule has 1 aliphatic rings. The molecule has 2 aromatic heterocycles. The van der Waals surface area contributed by atoms with Gasteiger partial charge < -0.3 is 10.2 Å². The Morgan fingerprint density at radius 3 is 2.16 bits per heavy atom. The number of rotatable bonds is 4. The Balaban J connectivity index is 1.73. The second-order valence-electron chi connectivity index (χ2n) is 5.21. The summed E-state index contributed by atoms with van der Waals surface area (Å²) < 4.78 is 0. The summed E-state index contributed by atoms with van der Waals surface area (Å²) in [6, 6.07) is 9.82. The normalized spacial score (nSPS) is 18.2. The number of hydrogen-bond acceptors (Lipinski definition) is 4. The van der Waals surface area contributed by atoms with Crippen LogP contribution in [0.1, 0.15) is 28.6 Å². The Morgan fingerprint density at radius 1 is 1.11 bits per heavy atom. The maximum atomic E-state index is 3.88. The van der Waals surface area contributed by atoms with Crippen LogP contribution in [0.3, 0.4) is 0 Å². The van der Waals surface area contributed by atoms with Gasteiger partial charge >= 0.3 is 0 Å². The Labute approximate surface area is 123 Å². The lowest BCUT2D eigenvalue weighted by Gasteiger charge is -2.32. The zero-order valence-electron chi connectivity index (χ0n) is 11.2. The lowest BCUT2D eigenvalue weighted by Crippen LogP contribution is -2.42. The van der Waals surface area contributed by atoms with Gasteiger partial charge in [0.25, 0.3) is 0 Å². The minimum absolute atomic E-state index is 0.383. The Kier molecular flexibility index (Phi) is 4.33. The third kappa shape index (κ3) is 3.26. The lowest BCUT2D eigenvalue weighted by molar-refractivity contribution is 0.229. The van der Waals surface area contributed by atoms with Gasteiger partial charge in [-0.1, -0.05) is 12.1 Å². The van der Waals surface area contributed by atoms with E-state index < -0.39 is 0 Å². The van der Waals surface area contributed by atoms with E-state index in [4.69, 9.17) is 0 Å². The SMILES string of the molecule is CN1CCC(NC(c2cccs2)c2cccs2)CC1. The Bertz CT molecular complexity index is 436. The predicted octanol–water partition coefficient (Wildman–Crippen LogP) is 3.58. The maximum absolute atomic E-state index is 3.88. The van der Waals surface area contributed by atoms with E-state index in [1.165, 1.54) is 35.7 Å². The van der Waals surface area contributed by atoms with E-state index in [0.717, 1.165) is 0 Å². The highest BCUT2D eigenvalue weighted by molar-refractivity contribution is 7.11. The minimum atomic E-state index is 0.383. The highest BCUT2D eigenvalue weighted by Gasteiger charge is 2.23. The van der Waals surface area contributed by atoms with Crippen molar-refractivity contribution in [2.45, 2.75) is 24.9 Å². The zero-order chi connectivity index (χ0) is 13.1. The molecule has 2 nitrogen and oxygen atoms in total. The second-order valence-corrected chi connectivity index (χ2v) is 7.17. The van der Waals surface area contributed by atoms with Crippen LogP contribution in [0, 0.1) is 0 Å². The standard InChI is InChI=1S/C15H20N2S2/c1-17-8-6-12(7-9-17)16-15(13-4-2-10-18-13)14-5-3-11-19-14/h2-5,10-12,15-16H,6-9H2,1H3. The van der Waals surface area contributed by atoms with E-state index >= 15 is 0 Å². The van der Waals surface area contributed by atoms with Crippen molar-refractivity contribution in [3.63, 3.8) is 0 Å². The number of nitrogens with zero attached hydrogens (tertiary/aromatic N) is 1. The molecule has 0 radical (unpaired) electrons. The molecule has 3 heterocycles. The molecule has 0 saturated carbocycles. The van der Waals surface area contributed by atoms with E-state index in [-0.39, 0.29) is 0 Å². The number of likely N-dealkylation sites (tertiary alicyclic amines) is 1. The minimum Gasteiger partial charge on any atom is -0.306 e. The van der Waals surface area contributed by atoms with Gasteiger partial charge in [0, 0.05) is 15.8 Å². The van der Waals surface area contributed by atoms with Crippen molar-refractivity contribution in [3.05, 3.63) is 44.8 Å². The lowest BCUT2D eigenvalue weighted by atomic mass is 10.0. The number of thiophene rings is 2. The molecule has 0 spiro atoms. The van der Waals surface area contributed by atoms with Gasteiger partial charge in [-0.25, -0.2) is 0 Å². The first kappa shape index (κ1) is 13.3. The monoisotopic (exact) mass is 292 g/mol. The molecule has 19 heavy (non-hydrogen) atoms. The topological polar surface area (TPSA) is 15.3 Å². The summed E-state index contributed by atoms with van der Waals surface area (Å²) in [7, 11) is 2.21. The summed E-state index contributed by atoms with van der Waals surface area (Å²) in [6.45, 7) is 2.42. The summed E-state index contributed by atoms with van der Waals surface area (Å²) in [4.78, 5) is 5.28. The van der Waals surface area contributed by atoms with Crippen molar-refractivity contribution in [2.24, 2.45) is 0 Å². The van der Waals surface area contributed by atoms with E-state index in [1.54, 1.807) is 0 Å². The molecule has 1 aliphatic heterocycles. The molecule has 3 rings (SSSR count). The molecule has 0 aliphatic carbocycles. The molecule has 4 heteroatoms. The van der Waals surface area contributed by atoms with E-state index in [0.29, 0.717) is 12.1 Å². The molecule has 0 unspecified atom stereocenters. The van der Waals surface area contributed by atoms with E-state index in [2.05, 4.69) is 52.3 Å². The van der Waals surface area contributed by atoms with Crippen LogP contribution in [0.15, 0.2) is 35.0 Å². The highest BCUT2D eigenvalue weighted by Crippen LogP contribution is 2.30. The van der Waals surface area contributed by atoms with Crippen LogP contribution in [0.4, 0.5) is 0 Å². The average molecular weight is 292 g/mol. The summed E-state index contributed by atoms with van der Waals surface area (Å²) >= 11 is 3.70. The molecule has 1 fully saturated rings. The van der Waals surface area contributed by atoms with Gasteiger partial charge in [0.05, 0.1) is 6.04 Å². The van der Waals surface area contributed by atoms with Crippen LogP contribution in [0.5, 0.6) is 0 Å². The number of nitrogens with one attached hydrogen (secondary N) is 1. The largest absolute Gasteiger partial charge is 0.306 e. The van der Waals surface area contributed by atoms with Gasteiger partial charge in [-0.15, -0.1) is 22.7 Å². The molecule has 2 aromatic rings. The van der Waals surface area contributed by atoms with Gasteiger partial charge in [0.1, 0.15) is 0 Å². The van der Waals surface area contributed by atoms with Gasteiger partial charge in [-0.2, -0.15) is 0 Å². The fourth-order valence-electron chi connectivity index (χ4n) is 2.63. The van der Waals surface area contributed by atoms with Crippen LogP contribution in [0.25, 0.3) is 0 Å². The van der Waals surface area contributed by atoms with Crippen LogP contribution >= 0.6 is 22.7 Å². The molecular weight excluding hydrogens is 272 g/mol. The summed E-state index contributed by atoms with van der Waals surface area (Å²) in [6.07, 6.45) is 2.51. The fraction of sp³-hybridized carbons (Fsp3) is 0.467. The van der Waals surface area contributed by atoms with Crippen molar-refractivity contribution in [2.75, 3.05) is 20.1 Å². The number of hydrogen-bond donors (Lipinski definition) is 1. The van der Waals surface area contributed by atoms with Crippen molar-refractivity contribution in [1.82, 2.24) is 10.2 Å². The van der Waals surface area contributed by atoms with Crippen LogP contribution in [0.2, 0.25) is 0 Å². The molecule has 0 amide bonds. The summed E-state index contributed by atoms with van der Waals surface area (Å²) in [5.41, 5.74) is 0. The molecule has 1 N–H and O–H groups in total. The van der Waals surface area contributed by atoms with Gasteiger partial charge in [0.15, 0.2) is 0 Å². The zero-order valence-corrected chi connectivity index (χ0v) is 12.8. The summed E-state index contributed by atoms with van der Waals surface area (Å²) in [5.74, 6) is 0. The van der Waals surface area contributed by atoms with Crippen LogP contribution in [-0.2, 0) is 0 Å². The molecule has 0 bridgehead atoms. The summed E-state index contributed by atoms with van der Waals surface area (Å²) in [5, 5.41) is 8.22.